The Morgan fingerprint density at radius 1 is 1.06 bits per heavy atom. The molecular weight excluding hydrogens is 216 g/mol. The lowest BCUT2D eigenvalue weighted by Gasteiger charge is -2.07. The Bertz CT molecular complexity index is 460. The molecule has 0 heteroatoms. The molecule has 0 amide bonds. The van der Waals surface area contributed by atoms with Crippen LogP contribution >= 0.6 is 0 Å². The summed E-state index contributed by atoms with van der Waals surface area (Å²) in [6.45, 7) is 6.88. The summed E-state index contributed by atoms with van der Waals surface area (Å²) in [5.74, 6) is 0. The average molecular weight is 240 g/mol. The Labute approximate surface area is 111 Å². The van der Waals surface area contributed by atoms with Gasteiger partial charge in [-0.15, -0.1) is 0 Å². The molecule has 0 unspecified atom stereocenters. The van der Waals surface area contributed by atoms with Gasteiger partial charge in [-0.05, 0) is 54.9 Å². The molecule has 0 aliphatic heterocycles. The minimum atomic E-state index is 1.16. The largest absolute Gasteiger partial charge is 0.0654 e. The summed E-state index contributed by atoms with van der Waals surface area (Å²) in [6.07, 6.45) is 6.23. The van der Waals surface area contributed by atoms with E-state index in [1.807, 2.05) is 0 Å². The molecule has 0 aromatic heterocycles. The Balaban J connectivity index is 2.26. The van der Waals surface area contributed by atoms with Gasteiger partial charge in [-0.3, -0.25) is 0 Å². The summed E-state index contributed by atoms with van der Waals surface area (Å²) in [5.41, 5.74) is 7.83. The minimum absolute atomic E-state index is 1.16. The van der Waals surface area contributed by atoms with Gasteiger partial charge in [-0.1, -0.05) is 56.2 Å². The molecule has 2 rings (SSSR count). The summed E-state index contributed by atoms with van der Waals surface area (Å²) in [4.78, 5) is 0. The summed E-state index contributed by atoms with van der Waals surface area (Å²) in [5, 5.41) is 0. The molecule has 1 aliphatic carbocycles. The van der Waals surface area contributed by atoms with Gasteiger partial charge in [0.05, 0.1) is 0 Å². The van der Waals surface area contributed by atoms with Crippen LogP contribution in [0.1, 0.15) is 58.4 Å². The third kappa shape index (κ3) is 2.58. The molecule has 1 aromatic carbocycles. The zero-order valence-corrected chi connectivity index (χ0v) is 11.9. The maximum Gasteiger partial charge on any atom is -0.00525 e. The first kappa shape index (κ1) is 13.1. The van der Waals surface area contributed by atoms with Crippen LogP contribution in [0.3, 0.4) is 0 Å². The molecule has 1 aliphatic rings. The van der Waals surface area contributed by atoms with Crippen LogP contribution in [0.25, 0.3) is 5.57 Å². The van der Waals surface area contributed by atoms with E-state index in [0.717, 1.165) is 6.42 Å². The highest BCUT2D eigenvalue weighted by Gasteiger charge is 2.20. The standard InChI is InChI=1S/C18H24/c1-4-6-10-16-13-18(17(5-2)14(16)3)15-11-8-7-9-12-15/h7-9,11-12H,4-6,10,13H2,1-3H3. The molecule has 0 fully saturated rings. The van der Waals surface area contributed by atoms with Crippen molar-refractivity contribution in [2.75, 3.05) is 0 Å². The van der Waals surface area contributed by atoms with Gasteiger partial charge in [0.1, 0.15) is 0 Å². The summed E-state index contributed by atoms with van der Waals surface area (Å²) >= 11 is 0. The van der Waals surface area contributed by atoms with E-state index in [-0.39, 0.29) is 0 Å². The second-order valence-electron chi connectivity index (χ2n) is 5.19. The van der Waals surface area contributed by atoms with Gasteiger partial charge in [-0.2, -0.15) is 0 Å². The van der Waals surface area contributed by atoms with Gasteiger partial charge in [0, 0.05) is 0 Å². The van der Waals surface area contributed by atoms with E-state index >= 15 is 0 Å². The lowest BCUT2D eigenvalue weighted by atomic mass is 9.98. The van der Waals surface area contributed by atoms with E-state index < -0.39 is 0 Å². The molecule has 18 heavy (non-hydrogen) atoms. The van der Waals surface area contributed by atoms with Crippen LogP contribution in [0.15, 0.2) is 47.1 Å². The fourth-order valence-electron chi connectivity index (χ4n) is 2.95. The normalized spacial score (nSPS) is 15.7. The lowest BCUT2D eigenvalue weighted by Crippen LogP contribution is -1.86. The first-order valence-corrected chi connectivity index (χ1v) is 7.24. The monoisotopic (exact) mass is 240 g/mol. The second kappa shape index (κ2) is 6.04. The van der Waals surface area contributed by atoms with Crippen molar-refractivity contribution < 1.29 is 0 Å². The van der Waals surface area contributed by atoms with Crippen molar-refractivity contribution in [3.05, 3.63) is 52.6 Å². The highest BCUT2D eigenvalue weighted by Crippen LogP contribution is 2.41. The van der Waals surface area contributed by atoms with Gasteiger partial charge in [-0.25, -0.2) is 0 Å². The number of benzene rings is 1. The van der Waals surface area contributed by atoms with E-state index in [0.29, 0.717) is 0 Å². The number of hydrogen-bond donors (Lipinski definition) is 0. The molecule has 0 atom stereocenters. The van der Waals surface area contributed by atoms with Gasteiger partial charge >= 0.3 is 0 Å². The number of rotatable bonds is 5. The number of allylic oxidation sites excluding steroid dienone is 4. The Kier molecular flexibility index (Phi) is 4.41. The summed E-state index contributed by atoms with van der Waals surface area (Å²) < 4.78 is 0. The lowest BCUT2D eigenvalue weighted by molar-refractivity contribution is 0.775. The molecule has 0 saturated carbocycles. The van der Waals surface area contributed by atoms with Crippen molar-refractivity contribution in [1.29, 1.82) is 0 Å². The molecule has 0 heterocycles. The van der Waals surface area contributed by atoms with E-state index in [1.165, 1.54) is 31.2 Å². The molecule has 0 spiro atoms. The number of hydrogen-bond acceptors (Lipinski definition) is 0. The van der Waals surface area contributed by atoms with Crippen LogP contribution < -0.4 is 0 Å². The van der Waals surface area contributed by atoms with Crippen LogP contribution in [0.4, 0.5) is 0 Å². The van der Waals surface area contributed by atoms with Gasteiger partial charge in [0.15, 0.2) is 0 Å². The average Bonchev–Trinajstić information content (AvgIpc) is 2.74. The quantitative estimate of drug-likeness (QED) is 0.613. The first-order chi connectivity index (χ1) is 8.77. The van der Waals surface area contributed by atoms with Crippen molar-refractivity contribution in [3.8, 4) is 0 Å². The zero-order chi connectivity index (χ0) is 13.0. The van der Waals surface area contributed by atoms with Crippen LogP contribution in [-0.2, 0) is 0 Å². The van der Waals surface area contributed by atoms with Crippen molar-refractivity contribution in [3.63, 3.8) is 0 Å². The maximum atomic E-state index is 2.32. The van der Waals surface area contributed by atoms with Crippen LogP contribution in [0.2, 0.25) is 0 Å². The predicted octanol–water partition coefficient (Wildman–Crippen LogP) is 5.76. The van der Waals surface area contributed by atoms with Gasteiger partial charge in [0.2, 0.25) is 0 Å². The minimum Gasteiger partial charge on any atom is -0.0654 e. The molecule has 0 N–H and O–H groups in total. The summed E-state index contributed by atoms with van der Waals surface area (Å²) in [6, 6.07) is 10.9. The van der Waals surface area contributed by atoms with Gasteiger partial charge in [0.25, 0.3) is 0 Å². The third-order valence-corrected chi connectivity index (χ3v) is 4.05. The van der Waals surface area contributed by atoms with Crippen molar-refractivity contribution in [2.45, 2.75) is 52.9 Å². The van der Waals surface area contributed by atoms with E-state index in [1.54, 1.807) is 22.3 Å². The van der Waals surface area contributed by atoms with Crippen LogP contribution in [0.5, 0.6) is 0 Å². The van der Waals surface area contributed by atoms with Gasteiger partial charge < -0.3 is 0 Å². The Morgan fingerprint density at radius 3 is 2.39 bits per heavy atom. The Hall–Kier alpha value is -1.30. The molecule has 96 valence electrons. The topological polar surface area (TPSA) is 0 Å². The Morgan fingerprint density at radius 2 is 1.78 bits per heavy atom. The SMILES string of the molecule is CCCCC1=C(C)C(CC)=C(c2ccccc2)C1. The highest BCUT2D eigenvalue weighted by atomic mass is 14.2. The van der Waals surface area contributed by atoms with Crippen LogP contribution in [0, 0.1) is 0 Å². The molecule has 0 bridgehead atoms. The number of unbranched alkanes of at least 4 members (excludes halogenated alkanes) is 1. The van der Waals surface area contributed by atoms with Crippen molar-refractivity contribution in [2.24, 2.45) is 0 Å². The van der Waals surface area contributed by atoms with E-state index in [4.69, 9.17) is 0 Å². The smallest absolute Gasteiger partial charge is 0.00525 e. The third-order valence-electron chi connectivity index (χ3n) is 4.05. The first-order valence-electron chi connectivity index (χ1n) is 7.24. The molecule has 1 aromatic rings. The fraction of sp³-hybridized carbons (Fsp3) is 0.444. The molecule has 0 radical (unpaired) electrons. The molecule has 0 nitrogen and oxygen atoms in total. The second-order valence-corrected chi connectivity index (χ2v) is 5.19. The summed E-state index contributed by atoms with van der Waals surface area (Å²) in [7, 11) is 0. The zero-order valence-electron chi connectivity index (χ0n) is 11.9. The highest BCUT2D eigenvalue weighted by molar-refractivity contribution is 5.78. The van der Waals surface area contributed by atoms with E-state index in [9.17, 15) is 0 Å². The van der Waals surface area contributed by atoms with Crippen molar-refractivity contribution >= 4 is 5.57 Å². The van der Waals surface area contributed by atoms with E-state index in [2.05, 4.69) is 51.1 Å². The van der Waals surface area contributed by atoms with Crippen molar-refractivity contribution in [1.82, 2.24) is 0 Å². The van der Waals surface area contributed by atoms with Crippen LogP contribution in [-0.4, -0.2) is 0 Å². The fourth-order valence-corrected chi connectivity index (χ4v) is 2.95. The molecular formula is C18H24. The maximum absolute atomic E-state index is 2.32. The molecule has 0 saturated heterocycles. The predicted molar refractivity (Wildman–Crippen MR) is 80.5 cm³/mol.